The first-order chi connectivity index (χ1) is 7.36. The molecule has 1 fully saturated rings. The lowest BCUT2D eigenvalue weighted by molar-refractivity contribution is 0.0535. The number of nitrogens with zero attached hydrogens (tertiary/aromatic N) is 2. The number of hydrogen-bond donors (Lipinski definition) is 1. The molecule has 0 amide bonds. The third-order valence-electron chi connectivity index (χ3n) is 2.78. The van der Waals surface area contributed by atoms with E-state index in [9.17, 15) is 0 Å². The molecule has 1 aromatic rings. The molecule has 0 atom stereocenters. The number of aromatic nitrogens is 2. The molecule has 1 aliphatic rings. The van der Waals surface area contributed by atoms with Gasteiger partial charge in [-0.2, -0.15) is 4.37 Å². The summed E-state index contributed by atoms with van der Waals surface area (Å²) in [6.45, 7) is 8.85. The van der Waals surface area contributed by atoms with Gasteiger partial charge in [0.25, 0.3) is 0 Å². The zero-order valence-corrected chi connectivity index (χ0v) is 11.1. The number of piperidine rings is 1. The van der Waals surface area contributed by atoms with E-state index >= 15 is 0 Å². The van der Waals surface area contributed by atoms with Crippen molar-refractivity contribution >= 4 is 11.7 Å². The highest BCUT2D eigenvalue weighted by Gasteiger charge is 2.38. The topological polar surface area (TPSA) is 47.0 Å². The summed E-state index contributed by atoms with van der Waals surface area (Å²) >= 11 is 1.19. The minimum Gasteiger partial charge on any atom is -0.472 e. The van der Waals surface area contributed by atoms with Gasteiger partial charge in [0, 0.05) is 23.9 Å². The van der Waals surface area contributed by atoms with Crippen LogP contribution in [0.1, 0.15) is 40.5 Å². The number of nitrogens with one attached hydrogen (secondary N) is 1. The summed E-state index contributed by atoms with van der Waals surface area (Å²) in [6, 6.07) is 0. The number of ether oxygens (including phenoxy) is 1. The molecule has 4 nitrogen and oxygen atoms in total. The van der Waals surface area contributed by atoms with Crippen LogP contribution in [0, 0.1) is 0 Å². The molecule has 0 spiro atoms. The Bertz CT molecular complexity index is 332. The summed E-state index contributed by atoms with van der Waals surface area (Å²) < 4.78 is 13.9. The van der Waals surface area contributed by atoms with Crippen molar-refractivity contribution in [1.82, 2.24) is 14.1 Å². The Morgan fingerprint density at radius 1 is 1.31 bits per heavy atom. The monoisotopic (exact) mass is 241 g/mol. The fourth-order valence-corrected chi connectivity index (χ4v) is 3.05. The maximum atomic E-state index is 5.86. The van der Waals surface area contributed by atoms with Gasteiger partial charge in [-0.1, -0.05) is 0 Å². The van der Waals surface area contributed by atoms with Crippen LogP contribution in [0.25, 0.3) is 0 Å². The van der Waals surface area contributed by atoms with Crippen molar-refractivity contribution in [3.63, 3.8) is 0 Å². The third kappa shape index (κ3) is 2.92. The average molecular weight is 241 g/mol. The molecule has 90 valence electrons. The van der Waals surface area contributed by atoms with Gasteiger partial charge < -0.3 is 10.1 Å². The molecule has 16 heavy (non-hydrogen) atoms. The van der Waals surface area contributed by atoms with Gasteiger partial charge in [0.1, 0.15) is 12.3 Å². The quantitative estimate of drug-likeness (QED) is 0.862. The largest absolute Gasteiger partial charge is 0.472 e. The normalized spacial score (nSPS) is 24.2. The van der Waals surface area contributed by atoms with E-state index in [1.807, 2.05) is 0 Å². The molecule has 1 aromatic heterocycles. The van der Waals surface area contributed by atoms with E-state index in [-0.39, 0.29) is 17.2 Å². The zero-order chi connectivity index (χ0) is 11.8. The molecular weight excluding hydrogens is 222 g/mol. The summed E-state index contributed by atoms with van der Waals surface area (Å²) in [4.78, 5) is 0. The van der Waals surface area contributed by atoms with Gasteiger partial charge in [-0.25, -0.2) is 0 Å². The highest BCUT2D eigenvalue weighted by atomic mass is 32.1. The van der Waals surface area contributed by atoms with Gasteiger partial charge >= 0.3 is 0 Å². The van der Waals surface area contributed by atoms with Crippen molar-refractivity contribution in [1.29, 1.82) is 0 Å². The molecule has 2 rings (SSSR count). The predicted octanol–water partition coefficient (Wildman–Crippen LogP) is 2.23. The maximum Gasteiger partial charge on any atom is 0.245 e. The lowest BCUT2D eigenvalue weighted by Gasteiger charge is -2.45. The van der Waals surface area contributed by atoms with Crippen LogP contribution in [-0.4, -0.2) is 25.9 Å². The van der Waals surface area contributed by atoms with E-state index in [0.717, 1.165) is 12.8 Å². The first-order valence-electron chi connectivity index (χ1n) is 5.60. The van der Waals surface area contributed by atoms with Gasteiger partial charge in [0.15, 0.2) is 0 Å². The summed E-state index contributed by atoms with van der Waals surface area (Å²) in [5.41, 5.74) is 0.214. The molecule has 5 heteroatoms. The van der Waals surface area contributed by atoms with Crippen molar-refractivity contribution in [3.05, 3.63) is 6.20 Å². The summed E-state index contributed by atoms with van der Waals surface area (Å²) in [7, 11) is 0. The number of rotatable bonds is 2. The first kappa shape index (κ1) is 11.8. The molecule has 0 saturated carbocycles. The van der Waals surface area contributed by atoms with E-state index in [1.165, 1.54) is 11.7 Å². The van der Waals surface area contributed by atoms with Crippen LogP contribution >= 0.6 is 11.7 Å². The maximum absolute atomic E-state index is 5.86. The molecule has 0 unspecified atom stereocenters. The lowest BCUT2D eigenvalue weighted by atomic mass is 9.81. The van der Waals surface area contributed by atoms with Crippen LogP contribution in [0.15, 0.2) is 6.20 Å². The van der Waals surface area contributed by atoms with E-state index < -0.39 is 0 Å². The van der Waals surface area contributed by atoms with E-state index in [2.05, 4.69) is 41.8 Å². The molecule has 1 aliphatic heterocycles. The number of hydrogen-bond acceptors (Lipinski definition) is 5. The van der Waals surface area contributed by atoms with Gasteiger partial charge in [-0.05, 0) is 27.7 Å². The summed E-state index contributed by atoms with van der Waals surface area (Å²) in [5.74, 6) is 0.656. The van der Waals surface area contributed by atoms with Crippen LogP contribution in [0.2, 0.25) is 0 Å². The van der Waals surface area contributed by atoms with Crippen LogP contribution in [0.5, 0.6) is 5.88 Å². The van der Waals surface area contributed by atoms with Gasteiger partial charge in [0.2, 0.25) is 5.88 Å². The van der Waals surface area contributed by atoms with Crippen molar-refractivity contribution in [2.75, 3.05) is 0 Å². The zero-order valence-electron chi connectivity index (χ0n) is 10.3. The minimum atomic E-state index is 0.107. The second-order valence-corrected chi connectivity index (χ2v) is 6.34. The molecule has 1 N–H and O–H groups in total. The molecule has 0 bridgehead atoms. The Labute approximate surface area is 101 Å². The second kappa shape index (κ2) is 3.96. The van der Waals surface area contributed by atoms with Crippen LogP contribution in [-0.2, 0) is 0 Å². The smallest absolute Gasteiger partial charge is 0.245 e. The van der Waals surface area contributed by atoms with Gasteiger partial charge in [-0.15, -0.1) is 4.37 Å². The third-order valence-corrected chi connectivity index (χ3v) is 3.24. The molecule has 0 aliphatic carbocycles. The molecule has 2 heterocycles. The molecule has 1 saturated heterocycles. The van der Waals surface area contributed by atoms with Crippen LogP contribution in [0.4, 0.5) is 0 Å². The van der Waals surface area contributed by atoms with Gasteiger partial charge in [0.05, 0.1) is 11.7 Å². The Balaban J connectivity index is 2.05. The van der Waals surface area contributed by atoms with Crippen molar-refractivity contribution < 1.29 is 4.74 Å². The van der Waals surface area contributed by atoms with E-state index in [0.29, 0.717) is 5.88 Å². The molecule has 0 aromatic carbocycles. The molecular formula is C11H19N3OS. The lowest BCUT2D eigenvalue weighted by Crippen LogP contribution is -2.60. The van der Waals surface area contributed by atoms with Gasteiger partial charge in [-0.3, -0.25) is 0 Å². The highest BCUT2D eigenvalue weighted by Crippen LogP contribution is 2.30. The van der Waals surface area contributed by atoms with E-state index in [4.69, 9.17) is 4.74 Å². The predicted molar refractivity (Wildman–Crippen MR) is 64.9 cm³/mol. The average Bonchev–Trinajstić information content (AvgIpc) is 2.49. The van der Waals surface area contributed by atoms with E-state index in [1.54, 1.807) is 6.20 Å². The Morgan fingerprint density at radius 3 is 2.44 bits per heavy atom. The Morgan fingerprint density at radius 2 is 1.94 bits per heavy atom. The van der Waals surface area contributed by atoms with Crippen LogP contribution < -0.4 is 10.1 Å². The standard InChI is InChI=1S/C11H19N3OS/c1-10(2)5-8(6-11(3,4)14-10)15-9-7-12-16-13-9/h7-8,14H,5-6H2,1-4H3. The van der Waals surface area contributed by atoms with Crippen molar-refractivity contribution in [2.24, 2.45) is 0 Å². The highest BCUT2D eigenvalue weighted by molar-refractivity contribution is 6.99. The SMILES string of the molecule is CC1(C)CC(Oc2cnsn2)CC(C)(C)N1. The van der Waals surface area contributed by atoms with Crippen LogP contribution in [0.3, 0.4) is 0 Å². The van der Waals surface area contributed by atoms with Crippen molar-refractivity contribution in [2.45, 2.75) is 57.7 Å². The molecule has 0 radical (unpaired) electrons. The Hall–Kier alpha value is -0.680. The fourth-order valence-electron chi connectivity index (χ4n) is 2.69. The minimum absolute atomic E-state index is 0.107. The summed E-state index contributed by atoms with van der Waals surface area (Å²) in [6.07, 6.45) is 3.89. The summed E-state index contributed by atoms with van der Waals surface area (Å²) in [5, 5.41) is 3.63. The fraction of sp³-hybridized carbons (Fsp3) is 0.818. The van der Waals surface area contributed by atoms with Crippen molar-refractivity contribution in [3.8, 4) is 5.88 Å². The second-order valence-electron chi connectivity index (χ2n) is 5.79. The Kier molecular flexibility index (Phi) is 2.92. The first-order valence-corrected chi connectivity index (χ1v) is 6.33.